The summed E-state index contributed by atoms with van der Waals surface area (Å²) in [6.45, 7) is 5.59. The Hall–Kier alpha value is -3.28. The van der Waals surface area contributed by atoms with Gasteiger partial charge in [0, 0.05) is 18.8 Å². The number of hydrogen-bond donors (Lipinski definition) is 1. The fourth-order valence-electron chi connectivity index (χ4n) is 2.25. The molecular weight excluding hydrogens is 387 g/mol. The molecule has 6 nitrogen and oxygen atoms in total. The van der Waals surface area contributed by atoms with Gasteiger partial charge in [0.1, 0.15) is 17.4 Å². The average molecular weight is 407 g/mol. The summed E-state index contributed by atoms with van der Waals surface area (Å²) in [4.78, 5) is 15.3. The molecule has 154 valence electrons. The zero-order chi connectivity index (χ0) is 21.7. The van der Waals surface area contributed by atoms with Crippen molar-refractivity contribution in [3.8, 4) is 17.7 Å². The summed E-state index contributed by atoms with van der Waals surface area (Å²) in [5.41, 5.74) is -0.520. The Balaban J connectivity index is 2.00. The number of rotatable bonds is 5. The molecule has 0 saturated heterocycles. The Labute approximate surface area is 166 Å². The number of carbonyl (C=O) groups is 1. The zero-order valence-corrected chi connectivity index (χ0v) is 16.1. The molecule has 2 rings (SSSR count). The predicted molar refractivity (Wildman–Crippen MR) is 98.4 cm³/mol. The molecular formula is C20H20F3N3O3. The maximum Gasteiger partial charge on any atom is 0.417 e. The maximum atomic E-state index is 12.6. The van der Waals surface area contributed by atoms with Crippen LogP contribution in [0.2, 0.25) is 0 Å². The number of halogens is 3. The number of amides is 1. The molecule has 0 unspecified atom stereocenters. The van der Waals surface area contributed by atoms with Crippen LogP contribution in [0.1, 0.15) is 37.5 Å². The van der Waals surface area contributed by atoms with Gasteiger partial charge in [0.05, 0.1) is 11.1 Å². The highest BCUT2D eigenvalue weighted by molar-refractivity contribution is 5.67. The first-order valence-electron chi connectivity index (χ1n) is 8.69. The van der Waals surface area contributed by atoms with Gasteiger partial charge in [-0.15, -0.1) is 0 Å². The highest BCUT2D eigenvalue weighted by Gasteiger charge is 2.30. The van der Waals surface area contributed by atoms with E-state index >= 15 is 0 Å². The summed E-state index contributed by atoms with van der Waals surface area (Å²) < 4.78 is 48.3. The van der Waals surface area contributed by atoms with Crippen molar-refractivity contribution in [2.45, 2.75) is 39.0 Å². The van der Waals surface area contributed by atoms with Crippen LogP contribution in [-0.2, 0) is 17.3 Å². The number of nitrogens with zero attached hydrogens (tertiary/aromatic N) is 2. The minimum absolute atomic E-state index is 0.0613. The highest BCUT2D eigenvalue weighted by Crippen LogP contribution is 2.30. The number of nitrogens with one attached hydrogen (secondary N) is 1. The SMILES string of the molecule is CC(C)(C)OC(=O)NCCc1ccc(Oc2ccc(C(F)(F)F)cn2)c(C#N)c1. The molecule has 0 atom stereocenters. The van der Waals surface area contributed by atoms with Gasteiger partial charge in [-0.2, -0.15) is 18.4 Å². The third-order valence-electron chi connectivity index (χ3n) is 3.52. The van der Waals surface area contributed by atoms with E-state index in [-0.39, 0.29) is 17.2 Å². The molecule has 1 aromatic heterocycles. The standard InChI is InChI=1S/C20H20F3N3O3/c1-19(2,3)29-18(27)25-9-8-13-4-6-16(14(10-13)11-24)28-17-7-5-15(12-26-17)20(21,22)23/h4-7,10,12H,8-9H2,1-3H3,(H,25,27). The fraction of sp³-hybridized carbons (Fsp3) is 0.350. The van der Waals surface area contributed by atoms with Gasteiger partial charge in [-0.3, -0.25) is 0 Å². The van der Waals surface area contributed by atoms with Crippen LogP contribution in [0.4, 0.5) is 18.0 Å². The molecule has 1 N–H and O–H groups in total. The van der Waals surface area contributed by atoms with E-state index in [9.17, 15) is 23.2 Å². The molecule has 29 heavy (non-hydrogen) atoms. The molecule has 9 heteroatoms. The maximum absolute atomic E-state index is 12.6. The van der Waals surface area contributed by atoms with Crippen molar-refractivity contribution >= 4 is 6.09 Å². The number of ether oxygens (including phenoxy) is 2. The molecule has 0 aliphatic carbocycles. The number of pyridine rings is 1. The third kappa shape index (κ3) is 6.99. The summed E-state index contributed by atoms with van der Waals surface area (Å²) in [5, 5.41) is 11.9. The van der Waals surface area contributed by atoms with Gasteiger partial charge in [-0.1, -0.05) is 6.07 Å². The Morgan fingerprint density at radius 1 is 1.21 bits per heavy atom. The monoisotopic (exact) mass is 407 g/mol. The first kappa shape index (κ1) is 22.0. The minimum atomic E-state index is -4.49. The lowest BCUT2D eigenvalue weighted by Gasteiger charge is -2.19. The van der Waals surface area contributed by atoms with E-state index in [1.54, 1.807) is 32.9 Å². The van der Waals surface area contributed by atoms with Gasteiger partial charge in [0.25, 0.3) is 0 Å². The smallest absolute Gasteiger partial charge is 0.417 e. The molecule has 0 bridgehead atoms. The van der Waals surface area contributed by atoms with Crippen LogP contribution in [0.5, 0.6) is 11.6 Å². The topological polar surface area (TPSA) is 84.2 Å². The summed E-state index contributed by atoms with van der Waals surface area (Å²) in [6.07, 6.45) is -3.91. The Morgan fingerprint density at radius 3 is 2.48 bits per heavy atom. The summed E-state index contributed by atoms with van der Waals surface area (Å²) in [7, 11) is 0. The first-order chi connectivity index (χ1) is 13.5. The fourth-order valence-corrected chi connectivity index (χ4v) is 2.25. The second-order valence-electron chi connectivity index (χ2n) is 7.11. The minimum Gasteiger partial charge on any atom is -0.444 e. The number of aromatic nitrogens is 1. The van der Waals surface area contributed by atoms with Crippen molar-refractivity contribution in [2.24, 2.45) is 0 Å². The van der Waals surface area contributed by atoms with E-state index in [0.29, 0.717) is 19.2 Å². The number of carbonyl (C=O) groups excluding carboxylic acids is 1. The molecule has 0 spiro atoms. The second-order valence-corrected chi connectivity index (χ2v) is 7.11. The van der Waals surface area contributed by atoms with Crippen LogP contribution in [0.15, 0.2) is 36.5 Å². The van der Waals surface area contributed by atoms with Crippen LogP contribution < -0.4 is 10.1 Å². The van der Waals surface area contributed by atoms with Crippen LogP contribution in [0, 0.1) is 11.3 Å². The normalized spacial score (nSPS) is 11.5. The van der Waals surface area contributed by atoms with Crippen molar-refractivity contribution in [1.29, 1.82) is 5.26 Å². The van der Waals surface area contributed by atoms with E-state index < -0.39 is 23.4 Å². The van der Waals surface area contributed by atoms with Crippen molar-refractivity contribution in [3.63, 3.8) is 0 Å². The van der Waals surface area contributed by atoms with Gasteiger partial charge in [-0.25, -0.2) is 9.78 Å². The lowest BCUT2D eigenvalue weighted by atomic mass is 10.1. The van der Waals surface area contributed by atoms with Gasteiger partial charge >= 0.3 is 12.3 Å². The van der Waals surface area contributed by atoms with Crippen LogP contribution in [-0.4, -0.2) is 23.2 Å². The van der Waals surface area contributed by atoms with E-state index in [0.717, 1.165) is 17.7 Å². The largest absolute Gasteiger partial charge is 0.444 e. The number of alkyl carbamates (subject to hydrolysis) is 1. The molecule has 2 aromatic rings. The Kier molecular flexibility index (Phi) is 6.69. The Morgan fingerprint density at radius 2 is 1.93 bits per heavy atom. The van der Waals surface area contributed by atoms with E-state index in [4.69, 9.17) is 9.47 Å². The molecule has 0 saturated carbocycles. The molecule has 0 aliphatic heterocycles. The molecule has 0 fully saturated rings. The van der Waals surface area contributed by atoms with Crippen molar-refractivity contribution < 1.29 is 27.4 Å². The van der Waals surface area contributed by atoms with Gasteiger partial charge in [-0.05, 0) is 51.0 Å². The van der Waals surface area contributed by atoms with Gasteiger partial charge in [0.2, 0.25) is 5.88 Å². The van der Waals surface area contributed by atoms with Gasteiger partial charge in [0.15, 0.2) is 0 Å². The number of hydrogen-bond acceptors (Lipinski definition) is 5. The van der Waals surface area contributed by atoms with Crippen LogP contribution in [0.3, 0.4) is 0 Å². The van der Waals surface area contributed by atoms with Crippen LogP contribution >= 0.6 is 0 Å². The Bertz CT molecular complexity index is 898. The third-order valence-corrected chi connectivity index (χ3v) is 3.52. The second kappa shape index (κ2) is 8.82. The summed E-state index contributed by atoms with van der Waals surface area (Å²) in [5.74, 6) is 0.109. The van der Waals surface area contributed by atoms with Crippen LogP contribution in [0.25, 0.3) is 0 Å². The average Bonchev–Trinajstić information content (AvgIpc) is 2.61. The zero-order valence-electron chi connectivity index (χ0n) is 16.1. The lowest BCUT2D eigenvalue weighted by molar-refractivity contribution is -0.137. The quantitative estimate of drug-likeness (QED) is 0.767. The highest BCUT2D eigenvalue weighted by atomic mass is 19.4. The molecule has 1 heterocycles. The van der Waals surface area contributed by atoms with E-state index in [2.05, 4.69) is 10.3 Å². The predicted octanol–water partition coefficient (Wildman–Crippen LogP) is 4.83. The van der Waals surface area contributed by atoms with Gasteiger partial charge < -0.3 is 14.8 Å². The summed E-state index contributed by atoms with van der Waals surface area (Å²) in [6, 6.07) is 8.72. The lowest BCUT2D eigenvalue weighted by Crippen LogP contribution is -2.33. The molecule has 0 aliphatic rings. The number of benzene rings is 1. The molecule has 0 radical (unpaired) electrons. The van der Waals surface area contributed by atoms with Crippen molar-refractivity contribution in [1.82, 2.24) is 10.3 Å². The summed E-state index contributed by atoms with van der Waals surface area (Å²) >= 11 is 0. The van der Waals surface area contributed by atoms with E-state index in [1.807, 2.05) is 6.07 Å². The first-order valence-corrected chi connectivity index (χ1v) is 8.69. The van der Waals surface area contributed by atoms with Crippen molar-refractivity contribution in [2.75, 3.05) is 6.54 Å². The molecule has 1 aromatic carbocycles. The number of alkyl halides is 3. The van der Waals surface area contributed by atoms with Crippen molar-refractivity contribution in [3.05, 3.63) is 53.2 Å². The molecule has 1 amide bonds. The van der Waals surface area contributed by atoms with E-state index in [1.165, 1.54) is 6.07 Å². The number of nitriles is 1.